The van der Waals surface area contributed by atoms with E-state index in [1.807, 2.05) is 18.2 Å². The average molecular weight is 454 g/mol. The zero-order valence-corrected chi connectivity index (χ0v) is 19.2. The second-order valence-corrected chi connectivity index (χ2v) is 8.24. The number of piperidine rings is 1. The molecular weight excluding hydrogens is 422 g/mol. The van der Waals surface area contributed by atoms with Gasteiger partial charge in [-0.15, -0.1) is 0 Å². The van der Waals surface area contributed by atoms with E-state index < -0.39 is 0 Å². The molecule has 0 spiro atoms. The van der Waals surface area contributed by atoms with E-state index in [9.17, 15) is 4.79 Å². The van der Waals surface area contributed by atoms with Gasteiger partial charge in [0.25, 0.3) is 5.91 Å². The molecule has 1 fully saturated rings. The van der Waals surface area contributed by atoms with Crippen molar-refractivity contribution in [3.63, 3.8) is 0 Å². The van der Waals surface area contributed by atoms with Crippen molar-refractivity contribution in [2.75, 3.05) is 45.4 Å². The van der Waals surface area contributed by atoms with Crippen LogP contribution in [-0.2, 0) is 22.6 Å². The molecule has 176 valence electrons. The fourth-order valence-corrected chi connectivity index (χ4v) is 4.27. The second kappa shape index (κ2) is 10.4. The van der Waals surface area contributed by atoms with Crippen LogP contribution in [0.4, 0.5) is 5.82 Å². The Hall–Kier alpha value is -3.49. The van der Waals surface area contributed by atoms with Crippen molar-refractivity contribution in [1.82, 2.24) is 9.88 Å². The summed E-state index contributed by atoms with van der Waals surface area (Å²) >= 11 is 0. The van der Waals surface area contributed by atoms with Gasteiger partial charge in [0.15, 0.2) is 23.9 Å². The van der Waals surface area contributed by atoms with E-state index in [0.717, 1.165) is 42.0 Å². The zero-order chi connectivity index (χ0) is 23.2. The number of fused-ring (bicyclic) bond motifs is 1. The molecule has 2 aliphatic heterocycles. The minimum absolute atomic E-state index is 0.143. The SMILES string of the molecule is COc1cc2c(cc1OC)CN(C(=O)CO/N=C(/N)c1ccnc(N3CCCCC3)c1)CC2. The highest BCUT2D eigenvalue weighted by Crippen LogP contribution is 2.33. The number of anilines is 1. The smallest absolute Gasteiger partial charge is 0.263 e. The number of hydrogen-bond donors (Lipinski definition) is 1. The Bertz CT molecular complexity index is 1020. The first-order valence-electron chi connectivity index (χ1n) is 11.3. The Kier molecular flexibility index (Phi) is 7.16. The summed E-state index contributed by atoms with van der Waals surface area (Å²) in [7, 11) is 3.22. The Morgan fingerprint density at radius 2 is 1.79 bits per heavy atom. The van der Waals surface area contributed by atoms with Crippen LogP contribution >= 0.6 is 0 Å². The lowest BCUT2D eigenvalue weighted by Crippen LogP contribution is -2.38. The lowest BCUT2D eigenvalue weighted by Gasteiger charge is -2.29. The normalized spacial score (nSPS) is 16.2. The number of nitrogens with zero attached hydrogens (tertiary/aromatic N) is 4. The number of oxime groups is 1. The molecule has 1 amide bonds. The number of rotatable bonds is 7. The van der Waals surface area contributed by atoms with Crippen molar-refractivity contribution in [1.29, 1.82) is 0 Å². The summed E-state index contributed by atoms with van der Waals surface area (Å²) in [5.41, 5.74) is 9.03. The standard InChI is InChI=1S/C24H31N5O4/c1-31-20-12-17-7-11-29(15-19(17)13-21(20)32-2)23(30)16-33-27-24(25)18-6-8-26-22(14-18)28-9-4-3-5-10-28/h6,8,12-14H,3-5,7,9-11,15-16H2,1-2H3,(H2,25,27). The van der Waals surface area contributed by atoms with Crippen molar-refractivity contribution in [2.24, 2.45) is 10.9 Å². The maximum absolute atomic E-state index is 12.7. The van der Waals surface area contributed by atoms with Gasteiger partial charge in [-0.3, -0.25) is 4.79 Å². The lowest BCUT2D eigenvalue weighted by molar-refractivity contribution is -0.137. The van der Waals surface area contributed by atoms with Gasteiger partial charge in [0.1, 0.15) is 5.82 Å². The van der Waals surface area contributed by atoms with Gasteiger partial charge in [-0.25, -0.2) is 4.98 Å². The number of nitrogens with two attached hydrogens (primary N) is 1. The summed E-state index contributed by atoms with van der Waals surface area (Å²) in [5, 5.41) is 3.97. The molecule has 0 unspecified atom stereocenters. The molecule has 1 aromatic carbocycles. The molecule has 33 heavy (non-hydrogen) atoms. The molecule has 0 radical (unpaired) electrons. The summed E-state index contributed by atoms with van der Waals surface area (Å²) in [5.74, 6) is 2.32. The third kappa shape index (κ3) is 5.30. The van der Waals surface area contributed by atoms with Crippen molar-refractivity contribution in [2.45, 2.75) is 32.2 Å². The number of carbonyl (C=O) groups excluding carboxylic acids is 1. The van der Waals surface area contributed by atoms with Gasteiger partial charge >= 0.3 is 0 Å². The molecule has 4 rings (SSSR count). The topological polar surface area (TPSA) is 103 Å². The van der Waals surface area contributed by atoms with Gasteiger partial charge in [0.2, 0.25) is 0 Å². The van der Waals surface area contributed by atoms with Crippen LogP contribution in [0, 0.1) is 0 Å². The number of benzene rings is 1. The molecule has 0 atom stereocenters. The van der Waals surface area contributed by atoms with Crippen LogP contribution in [0.1, 0.15) is 36.0 Å². The monoisotopic (exact) mass is 453 g/mol. The van der Waals surface area contributed by atoms with Gasteiger partial charge in [0, 0.05) is 37.9 Å². The van der Waals surface area contributed by atoms with E-state index in [0.29, 0.717) is 24.6 Å². The van der Waals surface area contributed by atoms with Crippen LogP contribution in [0.15, 0.2) is 35.6 Å². The highest BCUT2D eigenvalue weighted by atomic mass is 16.6. The molecule has 0 bridgehead atoms. The Morgan fingerprint density at radius 1 is 1.06 bits per heavy atom. The first-order chi connectivity index (χ1) is 16.1. The van der Waals surface area contributed by atoms with Gasteiger partial charge in [-0.05, 0) is 61.1 Å². The highest BCUT2D eigenvalue weighted by Gasteiger charge is 2.23. The Balaban J connectivity index is 1.34. The number of carbonyl (C=O) groups is 1. The first kappa shape index (κ1) is 22.7. The van der Waals surface area contributed by atoms with E-state index in [2.05, 4.69) is 15.0 Å². The quantitative estimate of drug-likeness (QED) is 0.390. The molecule has 2 aliphatic rings. The first-order valence-corrected chi connectivity index (χ1v) is 11.3. The average Bonchev–Trinajstić information content (AvgIpc) is 2.87. The summed E-state index contributed by atoms with van der Waals surface area (Å²) < 4.78 is 10.8. The van der Waals surface area contributed by atoms with Gasteiger partial charge in [-0.2, -0.15) is 0 Å². The third-order valence-electron chi connectivity index (χ3n) is 6.14. The van der Waals surface area contributed by atoms with E-state index in [1.165, 1.54) is 19.3 Å². The van der Waals surface area contributed by atoms with E-state index in [4.69, 9.17) is 20.0 Å². The number of amides is 1. The molecule has 9 nitrogen and oxygen atoms in total. The number of aromatic nitrogens is 1. The number of amidine groups is 1. The molecule has 9 heteroatoms. The maximum atomic E-state index is 12.7. The lowest BCUT2D eigenvalue weighted by atomic mass is 9.99. The van der Waals surface area contributed by atoms with Crippen molar-refractivity contribution in [3.8, 4) is 11.5 Å². The number of ether oxygens (including phenoxy) is 2. The van der Waals surface area contributed by atoms with Crippen LogP contribution in [0.2, 0.25) is 0 Å². The number of methoxy groups -OCH3 is 2. The molecule has 1 saturated heterocycles. The molecule has 2 aromatic rings. The Labute approximate surface area is 194 Å². The van der Waals surface area contributed by atoms with Crippen molar-refractivity contribution >= 4 is 17.6 Å². The summed E-state index contributed by atoms with van der Waals surface area (Å²) in [4.78, 5) is 26.5. The number of pyridine rings is 1. The molecule has 2 N–H and O–H groups in total. The molecule has 0 aliphatic carbocycles. The molecule has 1 aromatic heterocycles. The van der Waals surface area contributed by atoms with Crippen LogP contribution in [0.25, 0.3) is 0 Å². The predicted molar refractivity (Wildman–Crippen MR) is 126 cm³/mol. The zero-order valence-electron chi connectivity index (χ0n) is 19.2. The molecular formula is C24H31N5O4. The third-order valence-corrected chi connectivity index (χ3v) is 6.14. The molecule has 3 heterocycles. The van der Waals surface area contributed by atoms with Gasteiger partial charge in [-0.1, -0.05) is 5.16 Å². The largest absolute Gasteiger partial charge is 0.493 e. The van der Waals surface area contributed by atoms with Crippen molar-refractivity contribution in [3.05, 3.63) is 47.2 Å². The summed E-state index contributed by atoms with van der Waals surface area (Å²) in [6.07, 6.45) is 6.06. The van der Waals surface area contributed by atoms with Crippen LogP contribution in [-0.4, -0.2) is 62.1 Å². The van der Waals surface area contributed by atoms with E-state index in [-0.39, 0.29) is 18.3 Å². The van der Waals surface area contributed by atoms with Gasteiger partial charge < -0.3 is 29.8 Å². The summed E-state index contributed by atoms with van der Waals surface area (Å²) in [6, 6.07) is 7.61. The van der Waals surface area contributed by atoms with Crippen LogP contribution in [0.5, 0.6) is 11.5 Å². The predicted octanol–water partition coefficient (Wildman–Crippen LogP) is 2.31. The highest BCUT2D eigenvalue weighted by molar-refractivity contribution is 5.97. The van der Waals surface area contributed by atoms with E-state index >= 15 is 0 Å². The van der Waals surface area contributed by atoms with Crippen molar-refractivity contribution < 1.29 is 19.1 Å². The minimum Gasteiger partial charge on any atom is -0.493 e. The minimum atomic E-state index is -0.173. The second-order valence-electron chi connectivity index (χ2n) is 8.24. The molecule has 0 saturated carbocycles. The Morgan fingerprint density at radius 3 is 2.52 bits per heavy atom. The fourth-order valence-electron chi connectivity index (χ4n) is 4.27. The number of hydrogen-bond acceptors (Lipinski definition) is 7. The van der Waals surface area contributed by atoms with Gasteiger partial charge in [0.05, 0.1) is 14.2 Å². The van der Waals surface area contributed by atoms with Crippen LogP contribution in [0.3, 0.4) is 0 Å². The van der Waals surface area contributed by atoms with E-state index in [1.54, 1.807) is 31.4 Å². The fraction of sp³-hybridized carbons (Fsp3) is 0.458. The maximum Gasteiger partial charge on any atom is 0.263 e. The van der Waals surface area contributed by atoms with Crippen LogP contribution < -0.4 is 20.1 Å². The summed E-state index contributed by atoms with van der Waals surface area (Å²) in [6.45, 7) is 2.91.